The van der Waals surface area contributed by atoms with Gasteiger partial charge in [-0.15, -0.1) is 0 Å². The van der Waals surface area contributed by atoms with Gasteiger partial charge in [0.1, 0.15) is 18.3 Å². The molecule has 2 amide bonds. The van der Waals surface area contributed by atoms with E-state index in [1.807, 2.05) is 82.3 Å². The predicted molar refractivity (Wildman–Crippen MR) is 183 cm³/mol. The Balaban J connectivity index is 1.86. The Kier molecular flexibility index (Phi) is 11.5. The average molecular weight is 662 g/mol. The van der Waals surface area contributed by atoms with Crippen molar-refractivity contribution in [2.45, 2.75) is 57.6 Å². The predicted octanol–water partition coefficient (Wildman–Crippen LogP) is 6.33. The van der Waals surface area contributed by atoms with E-state index in [2.05, 4.69) is 5.32 Å². The molecular weight excluding hydrogens is 622 g/mol. The number of sulfonamides is 1. The molecule has 1 N–H and O–H groups in total. The Morgan fingerprint density at radius 1 is 0.848 bits per heavy atom. The lowest BCUT2D eigenvalue weighted by atomic mass is 10.0. The third-order valence-electron chi connectivity index (χ3n) is 7.43. The molecule has 8 nitrogen and oxygen atoms in total. The summed E-state index contributed by atoms with van der Waals surface area (Å²) < 4.78 is 35.1. The number of nitrogens with zero attached hydrogens (tertiary/aromatic N) is 2. The molecule has 0 fully saturated rings. The van der Waals surface area contributed by atoms with E-state index in [0.717, 1.165) is 26.6 Å². The van der Waals surface area contributed by atoms with Crippen LogP contribution in [0.25, 0.3) is 0 Å². The number of amides is 2. The third kappa shape index (κ3) is 8.68. The molecule has 242 valence electrons. The Hall–Kier alpha value is -4.34. The summed E-state index contributed by atoms with van der Waals surface area (Å²) in [5, 5.41) is 3.23. The maximum Gasteiger partial charge on any atom is 0.264 e. The van der Waals surface area contributed by atoms with Crippen molar-refractivity contribution >= 4 is 39.1 Å². The van der Waals surface area contributed by atoms with Gasteiger partial charge in [0, 0.05) is 24.0 Å². The molecule has 0 unspecified atom stereocenters. The van der Waals surface area contributed by atoms with Gasteiger partial charge in [-0.3, -0.25) is 13.9 Å². The molecule has 0 saturated carbocycles. The molecule has 4 aromatic carbocycles. The van der Waals surface area contributed by atoms with E-state index in [0.29, 0.717) is 0 Å². The number of carbonyl (C=O) groups excluding carboxylic acids is 2. The number of rotatable bonds is 13. The fourth-order valence-electron chi connectivity index (χ4n) is 5.15. The third-order valence-corrected chi connectivity index (χ3v) is 9.44. The quantitative estimate of drug-likeness (QED) is 0.181. The minimum absolute atomic E-state index is 0.00320. The number of ether oxygens (including phenoxy) is 1. The van der Waals surface area contributed by atoms with Crippen LogP contribution in [0.4, 0.5) is 5.69 Å². The fraction of sp³-hybridized carbons (Fsp3) is 0.278. The van der Waals surface area contributed by atoms with Crippen LogP contribution in [0.15, 0.2) is 102 Å². The molecule has 1 atom stereocenters. The number of hydrogen-bond acceptors (Lipinski definition) is 5. The zero-order chi connectivity index (χ0) is 33.4. The van der Waals surface area contributed by atoms with Gasteiger partial charge in [0.05, 0.1) is 17.7 Å². The number of hydrogen-bond donors (Lipinski definition) is 1. The SMILES string of the molecule is COc1ccc(Cl)cc1N(CC(=O)N(Cc1cccc(C)c1)[C@H](Cc1ccccc1)C(=O)NC(C)C)S(=O)(=O)c1ccc(C)cc1. The summed E-state index contributed by atoms with van der Waals surface area (Å²) >= 11 is 6.36. The van der Waals surface area contributed by atoms with Crippen LogP contribution in [0.5, 0.6) is 5.75 Å². The number of methoxy groups -OCH3 is 1. The monoisotopic (exact) mass is 661 g/mol. The van der Waals surface area contributed by atoms with Crippen molar-refractivity contribution in [2.75, 3.05) is 18.0 Å². The van der Waals surface area contributed by atoms with Crippen molar-refractivity contribution in [2.24, 2.45) is 0 Å². The van der Waals surface area contributed by atoms with Gasteiger partial charge < -0.3 is 15.0 Å². The van der Waals surface area contributed by atoms with E-state index in [-0.39, 0.29) is 46.3 Å². The largest absolute Gasteiger partial charge is 0.495 e. The summed E-state index contributed by atoms with van der Waals surface area (Å²) in [7, 11) is -2.89. The van der Waals surface area contributed by atoms with Gasteiger partial charge in [-0.25, -0.2) is 8.42 Å². The Morgan fingerprint density at radius 2 is 1.52 bits per heavy atom. The molecule has 10 heteroatoms. The summed E-state index contributed by atoms with van der Waals surface area (Å²) in [5.74, 6) is -0.691. The van der Waals surface area contributed by atoms with Crippen LogP contribution in [0.3, 0.4) is 0 Å². The molecule has 0 saturated heterocycles. The topological polar surface area (TPSA) is 96.0 Å². The van der Waals surface area contributed by atoms with E-state index in [1.54, 1.807) is 24.3 Å². The van der Waals surface area contributed by atoms with Crippen molar-refractivity contribution in [3.63, 3.8) is 0 Å². The molecule has 0 aromatic heterocycles. The van der Waals surface area contributed by atoms with Gasteiger partial charge in [0.25, 0.3) is 10.0 Å². The highest BCUT2D eigenvalue weighted by atomic mass is 35.5. The Morgan fingerprint density at radius 3 is 2.15 bits per heavy atom. The van der Waals surface area contributed by atoms with Gasteiger partial charge in [0.15, 0.2) is 0 Å². The summed E-state index contributed by atoms with van der Waals surface area (Å²) in [6.45, 7) is 6.98. The van der Waals surface area contributed by atoms with Gasteiger partial charge in [-0.1, -0.05) is 89.5 Å². The lowest BCUT2D eigenvalue weighted by Gasteiger charge is -2.34. The minimum Gasteiger partial charge on any atom is -0.495 e. The molecule has 4 aromatic rings. The minimum atomic E-state index is -4.31. The first-order valence-corrected chi connectivity index (χ1v) is 16.8. The molecular formula is C36H40ClN3O5S. The van der Waals surface area contributed by atoms with Gasteiger partial charge in [0.2, 0.25) is 11.8 Å². The molecule has 0 heterocycles. The van der Waals surface area contributed by atoms with Gasteiger partial charge >= 0.3 is 0 Å². The van der Waals surface area contributed by atoms with Crippen LogP contribution < -0.4 is 14.4 Å². The molecule has 0 radical (unpaired) electrons. The summed E-state index contributed by atoms with van der Waals surface area (Å²) in [5.41, 5.74) is 3.63. The highest BCUT2D eigenvalue weighted by molar-refractivity contribution is 7.92. The maximum absolute atomic E-state index is 14.6. The van der Waals surface area contributed by atoms with Crippen LogP contribution in [0.1, 0.15) is 36.1 Å². The smallest absolute Gasteiger partial charge is 0.264 e. The van der Waals surface area contributed by atoms with Crippen molar-refractivity contribution in [1.82, 2.24) is 10.2 Å². The first-order chi connectivity index (χ1) is 21.9. The summed E-state index contributed by atoms with van der Waals surface area (Å²) in [6, 6.07) is 26.9. The lowest BCUT2D eigenvalue weighted by molar-refractivity contribution is -0.140. The van der Waals surface area contributed by atoms with Crippen LogP contribution in [0, 0.1) is 13.8 Å². The molecule has 4 rings (SSSR count). The van der Waals surface area contributed by atoms with Crippen LogP contribution in [-0.2, 0) is 32.6 Å². The second-order valence-electron chi connectivity index (χ2n) is 11.5. The number of aryl methyl sites for hydroxylation is 2. The summed E-state index contributed by atoms with van der Waals surface area (Å²) in [6.07, 6.45) is 0.224. The number of carbonyl (C=O) groups is 2. The molecule has 46 heavy (non-hydrogen) atoms. The highest BCUT2D eigenvalue weighted by Gasteiger charge is 2.36. The number of anilines is 1. The van der Waals surface area contributed by atoms with Crippen molar-refractivity contribution in [1.29, 1.82) is 0 Å². The summed E-state index contributed by atoms with van der Waals surface area (Å²) in [4.78, 5) is 29.9. The van der Waals surface area contributed by atoms with E-state index in [4.69, 9.17) is 16.3 Å². The van der Waals surface area contributed by atoms with E-state index < -0.39 is 28.5 Å². The van der Waals surface area contributed by atoms with Crippen molar-refractivity contribution < 1.29 is 22.7 Å². The van der Waals surface area contributed by atoms with Crippen LogP contribution >= 0.6 is 11.6 Å². The zero-order valence-corrected chi connectivity index (χ0v) is 28.3. The van der Waals surface area contributed by atoms with Crippen LogP contribution in [-0.4, -0.2) is 50.9 Å². The zero-order valence-electron chi connectivity index (χ0n) is 26.7. The van der Waals surface area contributed by atoms with E-state index in [1.165, 1.54) is 30.2 Å². The molecule has 0 aliphatic heterocycles. The standard InChI is InChI=1S/C36H40ClN3O5S/c1-25(2)38-36(42)33(21-28-11-7-6-8-12-28)39(23-29-13-9-10-27(4)20-29)35(41)24-40(32-22-30(37)16-19-34(32)45-5)46(43,44)31-17-14-26(3)15-18-31/h6-20,22,25,33H,21,23-24H2,1-5H3,(H,38,42)/t33-/m1/s1. The Bertz CT molecular complexity index is 1760. The Labute approximate surface area is 277 Å². The van der Waals surface area contributed by atoms with Crippen molar-refractivity contribution in [3.05, 3.63) is 124 Å². The second kappa shape index (κ2) is 15.3. The fourth-order valence-corrected chi connectivity index (χ4v) is 6.73. The lowest BCUT2D eigenvalue weighted by Crippen LogP contribution is -2.54. The highest BCUT2D eigenvalue weighted by Crippen LogP contribution is 2.35. The van der Waals surface area contributed by atoms with E-state index >= 15 is 0 Å². The molecule has 0 spiro atoms. The van der Waals surface area contributed by atoms with Gasteiger partial charge in [-0.05, 0) is 69.2 Å². The van der Waals surface area contributed by atoms with E-state index in [9.17, 15) is 18.0 Å². The number of nitrogens with one attached hydrogen (secondary N) is 1. The first kappa shape index (κ1) is 34.5. The maximum atomic E-state index is 14.6. The van der Waals surface area contributed by atoms with Crippen molar-refractivity contribution in [3.8, 4) is 5.75 Å². The second-order valence-corrected chi connectivity index (χ2v) is 13.8. The molecule has 0 bridgehead atoms. The average Bonchev–Trinajstić information content (AvgIpc) is 3.01. The number of halogens is 1. The number of benzene rings is 4. The normalized spacial score (nSPS) is 12.0. The van der Waals surface area contributed by atoms with Gasteiger partial charge in [-0.2, -0.15) is 0 Å². The molecule has 0 aliphatic rings. The first-order valence-electron chi connectivity index (χ1n) is 15.0. The molecule has 0 aliphatic carbocycles. The van der Waals surface area contributed by atoms with Crippen LogP contribution in [0.2, 0.25) is 5.02 Å².